The number of nitrogens with zero attached hydrogens (tertiary/aromatic N) is 2. The summed E-state index contributed by atoms with van der Waals surface area (Å²) in [6, 6.07) is 4.41. The molecule has 1 heterocycles. The zero-order chi connectivity index (χ0) is 14.9. The van der Waals surface area contributed by atoms with Crippen molar-refractivity contribution in [1.82, 2.24) is 4.90 Å². The van der Waals surface area contributed by atoms with Crippen LogP contribution in [0.5, 0.6) is 0 Å². The van der Waals surface area contributed by atoms with Gasteiger partial charge in [0.2, 0.25) is 5.96 Å². The van der Waals surface area contributed by atoms with E-state index in [9.17, 15) is 13.2 Å². The van der Waals surface area contributed by atoms with Crippen molar-refractivity contribution in [3.8, 4) is 0 Å². The van der Waals surface area contributed by atoms with E-state index in [1.54, 1.807) is 13.1 Å². The lowest BCUT2D eigenvalue weighted by atomic mass is 10.3. The summed E-state index contributed by atoms with van der Waals surface area (Å²) in [5, 5.41) is 11.8. The molecule has 1 aromatic rings. The Morgan fingerprint density at radius 3 is 2.85 bits per heavy atom. The number of carboxylic acid groups (broad SMARTS) is 1. The molecule has 0 bridgehead atoms. The standard InChI is InChI=1S/C11H12ClN3O4S/c1-15(5-4-10(16)17)11-13-8-3-2-7(12)6-9(8)20(18,19)14-11/h2-3,6H,4-5H2,1H3,(H,13,14)(H,16,17). The molecule has 0 atom stereocenters. The molecule has 1 aromatic carbocycles. The largest absolute Gasteiger partial charge is 0.481 e. The second-order valence-electron chi connectivity index (χ2n) is 4.22. The molecule has 0 aliphatic carbocycles. The average molecular weight is 318 g/mol. The molecule has 0 unspecified atom stereocenters. The molecule has 0 saturated heterocycles. The Morgan fingerprint density at radius 2 is 2.20 bits per heavy atom. The van der Waals surface area contributed by atoms with E-state index in [1.807, 2.05) is 0 Å². The second-order valence-corrected chi connectivity index (χ2v) is 6.23. The summed E-state index contributed by atoms with van der Waals surface area (Å²) >= 11 is 5.77. The van der Waals surface area contributed by atoms with Gasteiger partial charge >= 0.3 is 5.97 Å². The Labute approximate surface area is 120 Å². The fourth-order valence-corrected chi connectivity index (χ4v) is 3.07. The van der Waals surface area contributed by atoms with Crippen LogP contribution in [0, 0.1) is 0 Å². The minimum absolute atomic E-state index is 0.000356. The van der Waals surface area contributed by atoms with Gasteiger partial charge in [-0.25, -0.2) is 0 Å². The predicted molar refractivity (Wildman–Crippen MR) is 74.6 cm³/mol. The highest BCUT2D eigenvalue weighted by Crippen LogP contribution is 2.30. The van der Waals surface area contributed by atoms with Crippen LogP contribution in [0.2, 0.25) is 5.02 Å². The molecular weight excluding hydrogens is 306 g/mol. The Balaban J connectivity index is 2.30. The summed E-state index contributed by atoms with van der Waals surface area (Å²) < 4.78 is 27.7. The van der Waals surface area contributed by atoms with Crippen LogP contribution in [0.4, 0.5) is 5.69 Å². The van der Waals surface area contributed by atoms with Gasteiger partial charge in [0.1, 0.15) is 4.90 Å². The van der Waals surface area contributed by atoms with Crippen molar-refractivity contribution < 1.29 is 18.3 Å². The average Bonchev–Trinajstić information content (AvgIpc) is 2.36. The third-order valence-corrected chi connectivity index (χ3v) is 4.24. The highest BCUT2D eigenvalue weighted by atomic mass is 35.5. The van der Waals surface area contributed by atoms with Crippen molar-refractivity contribution in [2.75, 3.05) is 18.9 Å². The molecule has 0 saturated carbocycles. The van der Waals surface area contributed by atoms with Gasteiger partial charge in [-0.05, 0) is 18.2 Å². The summed E-state index contributed by atoms with van der Waals surface area (Å²) in [5.41, 5.74) is 0.363. The van der Waals surface area contributed by atoms with E-state index in [2.05, 4.69) is 9.71 Å². The molecule has 2 rings (SSSR count). The molecule has 1 aliphatic rings. The van der Waals surface area contributed by atoms with Crippen molar-refractivity contribution >= 4 is 39.2 Å². The first-order chi connectivity index (χ1) is 9.29. The number of guanidine groups is 1. The first-order valence-electron chi connectivity index (χ1n) is 5.64. The van der Waals surface area contributed by atoms with E-state index in [0.717, 1.165) is 0 Å². The Hall–Kier alpha value is -1.80. The smallest absolute Gasteiger partial charge is 0.305 e. The monoisotopic (exact) mass is 317 g/mol. The maximum absolute atomic E-state index is 12.0. The zero-order valence-electron chi connectivity index (χ0n) is 10.5. The Kier molecular flexibility index (Phi) is 3.87. The normalized spacial score (nSPS) is 15.8. The molecule has 2 N–H and O–H groups in total. The van der Waals surface area contributed by atoms with Crippen LogP contribution >= 0.6 is 11.6 Å². The summed E-state index contributed by atoms with van der Waals surface area (Å²) in [6.07, 6.45) is -0.120. The molecule has 1 aliphatic heterocycles. The number of fused-ring (bicyclic) bond motifs is 1. The summed E-state index contributed by atoms with van der Waals surface area (Å²) in [7, 11) is -2.28. The lowest BCUT2D eigenvalue weighted by Gasteiger charge is -2.25. The number of hydrogen-bond acceptors (Lipinski definition) is 5. The number of nitrogens with one attached hydrogen (secondary N) is 1. The van der Waals surface area contributed by atoms with E-state index in [0.29, 0.717) is 10.7 Å². The SMILES string of the molecule is CN(CCC(=O)O)C1=NS(=O)(=O)c2cc(Cl)ccc2N1. The topological polar surface area (TPSA) is 99.1 Å². The van der Waals surface area contributed by atoms with Crippen LogP contribution in [0.25, 0.3) is 0 Å². The number of sulfonamides is 1. The van der Waals surface area contributed by atoms with Crippen LogP contribution in [-0.2, 0) is 14.8 Å². The Morgan fingerprint density at radius 1 is 1.50 bits per heavy atom. The zero-order valence-corrected chi connectivity index (χ0v) is 12.1. The highest BCUT2D eigenvalue weighted by molar-refractivity contribution is 7.90. The highest BCUT2D eigenvalue weighted by Gasteiger charge is 2.26. The number of hydrogen-bond donors (Lipinski definition) is 2. The fourth-order valence-electron chi connectivity index (χ4n) is 1.65. The number of rotatable bonds is 3. The molecule has 9 heteroatoms. The first-order valence-corrected chi connectivity index (χ1v) is 7.46. The molecule has 20 heavy (non-hydrogen) atoms. The molecule has 0 amide bonds. The van der Waals surface area contributed by atoms with Gasteiger partial charge in [0.25, 0.3) is 10.0 Å². The molecular formula is C11H12ClN3O4S. The Bertz CT molecular complexity index is 687. The summed E-state index contributed by atoms with van der Waals surface area (Å²) in [6.45, 7) is 0.139. The molecule has 108 valence electrons. The minimum Gasteiger partial charge on any atom is -0.481 e. The fraction of sp³-hybridized carbons (Fsp3) is 0.273. The predicted octanol–water partition coefficient (Wildman–Crippen LogP) is 1.22. The molecule has 0 fully saturated rings. The van der Waals surface area contributed by atoms with Gasteiger partial charge in [0, 0.05) is 18.6 Å². The van der Waals surface area contributed by atoms with Crippen LogP contribution in [0.3, 0.4) is 0 Å². The maximum atomic E-state index is 12.0. The van der Waals surface area contributed by atoms with Gasteiger partial charge in [0.15, 0.2) is 0 Å². The lowest BCUT2D eigenvalue weighted by Crippen LogP contribution is -2.37. The molecule has 0 radical (unpaired) electrons. The van der Waals surface area contributed by atoms with Crippen molar-refractivity contribution in [2.24, 2.45) is 4.40 Å². The third-order valence-electron chi connectivity index (χ3n) is 2.70. The van der Waals surface area contributed by atoms with E-state index in [4.69, 9.17) is 16.7 Å². The number of halogens is 1. The van der Waals surface area contributed by atoms with Gasteiger partial charge in [-0.3, -0.25) is 4.79 Å². The molecule has 7 nitrogen and oxygen atoms in total. The number of aliphatic carboxylic acids is 1. The number of benzene rings is 1. The van der Waals surface area contributed by atoms with Crippen LogP contribution in [0.15, 0.2) is 27.5 Å². The van der Waals surface area contributed by atoms with E-state index in [1.165, 1.54) is 17.0 Å². The van der Waals surface area contributed by atoms with Crippen molar-refractivity contribution in [1.29, 1.82) is 0 Å². The van der Waals surface area contributed by atoms with E-state index < -0.39 is 16.0 Å². The lowest BCUT2D eigenvalue weighted by molar-refractivity contribution is -0.137. The number of carbonyl (C=O) groups is 1. The second kappa shape index (κ2) is 5.29. The van der Waals surface area contributed by atoms with Crippen LogP contribution < -0.4 is 5.32 Å². The van der Waals surface area contributed by atoms with Crippen molar-refractivity contribution in [3.63, 3.8) is 0 Å². The quantitative estimate of drug-likeness (QED) is 0.869. The number of carboxylic acids is 1. The van der Waals surface area contributed by atoms with Crippen LogP contribution in [0.1, 0.15) is 6.42 Å². The van der Waals surface area contributed by atoms with Gasteiger partial charge in [0.05, 0.1) is 12.1 Å². The van der Waals surface area contributed by atoms with Crippen molar-refractivity contribution in [2.45, 2.75) is 11.3 Å². The van der Waals surface area contributed by atoms with E-state index in [-0.39, 0.29) is 23.8 Å². The summed E-state index contributed by atoms with van der Waals surface area (Å²) in [5.74, 6) is -0.885. The number of anilines is 1. The van der Waals surface area contributed by atoms with Crippen molar-refractivity contribution in [3.05, 3.63) is 23.2 Å². The third kappa shape index (κ3) is 3.02. The van der Waals surface area contributed by atoms with Gasteiger partial charge < -0.3 is 15.3 Å². The maximum Gasteiger partial charge on any atom is 0.305 e. The minimum atomic E-state index is -3.85. The first kappa shape index (κ1) is 14.6. The van der Waals surface area contributed by atoms with Crippen LogP contribution in [-0.4, -0.2) is 43.9 Å². The molecule has 0 spiro atoms. The summed E-state index contributed by atoms with van der Waals surface area (Å²) in [4.78, 5) is 12.0. The molecule has 0 aromatic heterocycles. The van der Waals surface area contributed by atoms with Gasteiger partial charge in [-0.2, -0.15) is 8.42 Å². The van der Waals surface area contributed by atoms with Gasteiger partial charge in [-0.1, -0.05) is 11.6 Å². The van der Waals surface area contributed by atoms with E-state index >= 15 is 0 Å². The van der Waals surface area contributed by atoms with Gasteiger partial charge in [-0.15, -0.1) is 4.40 Å².